The number of aryl methyl sites for hydroxylation is 1. The number of hydrogen-bond acceptors (Lipinski definition) is 6. The number of aromatic nitrogens is 3. The maximum absolute atomic E-state index is 5.53. The van der Waals surface area contributed by atoms with Gasteiger partial charge in [-0.3, -0.25) is 4.90 Å². The fourth-order valence-electron chi connectivity index (χ4n) is 3.94. The molecule has 2 aromatic heterocycles. The first-order valence-electron chi connectivity index (χ1n) is 9.59. The molecule has 0 radical (unpaired) electrons. The quantitative estimate of drug-likeness (QED) is 0.892. The van der Waals surface area contributed by atoms with Gasteiger partial charge in [-0.2, -0.15) is 0 Å². The van der Waals surface area contributed by atoms with Gasteiger partial charge < -0.3 is 10.1 Å². The Balaban J connectivity index is 1.33. The standard InChI is InChI=1S/C20H27N5O/c1-15-3-2-7-21-20(15)24-19-12-17(22-14-23-19)11-16-4-8-25(9-5-16)18-6-10-26-13-18/h2-3,7,12,14,16,18H,4-6,8-11,13H2,1H3,(H,21,22,23,24). The molecule has 2 aliphatic heterocycles. The van der Waals surface area contributed by atoms with Crippen LogP contribution in [0, 0.1) is 12.8 Å². The molecular weight excluding hydrogens is 326 g/mol. The fraction of sp³-hybridized carbons (Fsp3) is 0.550. The monoisotopic (exact) mass is 353 g/mol. The van der Waals surface area contributed by atoms with Gasteiger partial charge in [0.15, 0.2) is 0 Å². The van der Waals surface area contributed by atoms with Crippen molar-refractivity contribution in [2.75, 3.05) is 31.6 Å². The van der Waals surface area contributed by atoms with Crippen LogP contribution in [0.25, 0.3) is 0 Å². The molecule has 0 aromatic carbocycles. The molecule has 0 saturated carbocycles. The van der Waals surface area contributed by atoms with Crippen molar-refractivity contribution in [3.8, 4) is 0 Å². The molecule has 2 fully saturated rings. The molecular formula is C20H27N5O. The van der Waals surface area contributed by atoms with E-state index in [9.17, 15) is 0 Å². The second-order valence-corrected chi connectivity index (χ2v) is 7.39. The van der Waals surface area contributed by atoms with Gasteiger partial charge in [-0.25, -0.2) is 15.0 Å². The van der Waals surface area contributed by atoms with Crippen LogP contribution in [-0.4, -0.2) is 52.2 Å². The van der Waals surface area contributed by atoms with Gasteiger partial charge in [0.1, 0.15) is 18.0 Å². The predicted molar refractivity (Wildman–Crippen MR) is 102 cm³/mol. The Bertz CT molecular complexity index is 724. The van der Waals surface area contributed by atoms with Crippen molar-refractivity contribution in [1.29, 1.82) is 0 Å². The van der Waals surface area contributed by atoms with Crippen LogP contribution in [0.2, 0.25) is 0 Å². The molecule has 2 aromatic rings. The second kappa shape index (κ2) is 8.10. The van der Waals surface area contributed by atoms with Gasteiger partial charge in [-0.15, -0.1) is 0 Å². The average molecular weight is 353 g/mol. The van der Waals surface area contributed by atoms with Gasteiger partial charge in [0.05, 0.1) is 6.61 Å². The Kier molecular flexibility index (Phi) is 5.41. The summed E-state index contributed by atoms with van der Waals surface area (Å²) in [6.07, 6.45) is 8.14. The van der Waals surface area contributed by atoms with E-state index in [0.29, 0.717) is 12.0 Å². The molecule has 6 heteroatoms. The van der Waals surface area contributed by atoms with Gasteiger partial charge in [-0.1, -0.05) is 6.07 Å². The first-order valence-corrected chi connectivity index (χ1v) is 9.59. The number of nitrogens with one attached hydrogen (secondary N) is 1. The number of piperidine rings is 1. The average Bonchev–Trinajstić information content (AvgIpc) is 3.19. The van der Waals surface area contributed by atoms with Crippen LogP contribution in [0.3, 0.4) is 0 Å². The van der Waals surface area contributed by atoms with Crippen molar-refractivity contribution in [3.63, 3.8) is 0 Å². The molecule has 1 unspecified atom stereocenters. The predicted octanol–water partition coefficient (Wildman–Crippen LogP) is 2.97. The molecule has 6 nitrogen and oxygen atoms in total. The minimum atomic E-state index is 0.646. The molecule has 138 valence electrons. The topological polar surface area (TPSA) is 63.2 Å². The van der Waals surface area contributed by atoms with E-state index >= 15 is 0 Å². The summed E-state index contributed by atoms with van der Waals surface area (Å²) in [5.41, 5.74) is 2.22. The summed E-state index contributed by atoms with van der Waals surface area (Å²) in [4.78, 5) is 15.8. The number of hydrogen-bond donors (Lipinski definition) is 1. The first kappa shape index (κ1) is 17.4. The maximum atomic E-state index is 5.53. The maximum Gasteiger partial charge on any atom is 0.135 e. The normalized spacial score (nSPS) is 21.8. The van der Waals surface area contributed by atoms with Gasteiger partial charge in [-0.05, 0) is 63.2 Å². The molecule has 0 amide bonds. The minimum Gasteiger partial charge on any atom is -0.380 e. The largest absolute Gasteiger partial charge is 0.380 e. The zero-order valence-electron chi connectivity index (χ0n) is 15.4. The number of ether oxygens (including phenoxy) is 1. The summed E-state index contributed by atoms with van der Waals surface area (Å²) in [7, 11) is 0. The van der Waals surface area contributed by atoms with Crippen LogP contribution in [0.5, 0.6) is 0 Å². The third-order valence-corrected chi connectivity index (χ3v) is 5.55. The van der Waals surface area contributed by atoms with Crippen LogP contribution < -0.4 is 5.32 Å². The molecule has 0 bridgehead atoms. The second-order valence-electron chi connectivity index (χ2n) is 7.39. The summed E-state index contributed by atoms with van der Waals surface area (Å²) in [6.45, 7) is 6.25. The van der Waals surface area contributed by atoms with E-state index in [1.165, 1.54) is 32.4 Å². The van der Waals surface area contributed by atoms with Crippen molar-refractivity contribution in [2.24, 2.45) is 5.92 Å². The SMILES string of the molecule is Cc1cccnc1Nc1cc(CC2CCN(C3CCOC3)CC2)ncn1. The van der Waals surface area contributed by atoms with Crippen LogP contribution in [0.15, 0.2) is 30.7 Å². The fourth-order valence-corrected chi connectivity index (χ4v) is 3.94. The highest BCUT2D eigenvalue weighted by molar-refractivity contribution is 5.55. The van der Waals surface area contributed by atoms with E-state index in [0.717, 1.165) is 42.5 Å². The number of likely N-dealkylation sites (tertiary alicyclic amines) is 1. The van der Waals surface area contributed by atoms with Crippen molar-refractivity contribution < 1.29 is 4.74 Å². The highest BCUT2D eigenvalue weighted by atomic mass is 16.5. The van der Waals surface area contributed by atoms with Crippen LogP contribution in [0.1, 0.15) is 30.5 Å². The van der Waals surface area contributed by atoms with E-state index in [4.69, 9.17) is 4.74 Å². The summed E-state index contributed by atoms with van der Waals surface area (Å²) in [5.74, 6) is 2.37. The molecule has 4 rings (SSSR count). The first-order chi connectivity index (χ1) is 12.8. The molecule has 0 spiro atoms. The number of rotatable bonds is 5. The third kappa shape index (κ3) is 4.19. The Labute approximate surface area is 155 Å². The summed E-state index contributed by atoms with van der Waals surface area (Å²) in [5, 5.41) is 3.31. The zero-order chi connectivity index (χ0) is 17.8. The smallest absolute Gasteiger partial charge is 0.135 e. The van der Waals surface area contributed by atoms with Crippen molar-refractivity contribution in [2.45, 2.75) is 38.6 Å². The molecule has 2 saturated heterocycles. The van der Waals surface area contributed by atoms with E-state index in [2.05, 4.69) is 31.2 Å². The summed E-state index contributed by atoms with van der Waals surface area (Å²) in [6, 6.07) is 6.69. The van der Waals surface area contributed by atoms with Crippen molar-refractivity contribution in [1.82, 2.24) is 19.9 Å². The van der Waals surface area contributed by atoms with Gasteiger partial charge in [0, 0.05) is 30.6 Å². The Morgan fingerprint density at radius 3 is 2.85 bits per heavy atom. The third-order valence-electron chi connectivity index (χ3n) is 5.55. The summed E-state index contributed by atoms with van der Waals surface area (Å²) < 4.78 is 5.53. The Morgan fingerprint density at radius 2 is 2.08 bits per heavy atom. The summed E-state index contributed by atoms with van der Waals surface area (Å²) >= 11 is 0. The molecule has 4 heterocycles. The van der Waals surface area contributed by atoms with E-state index in [1.807, 2.05) is 19.1 Å². The minimum absolute atomic E-state index is 0.646. The molecule has 26 heavy (non-hydrogen) atoms. The van der Waals surface area contributed by atoms with Crippen molar-refractivity contribution in [3.05, 3.63) is 42.0 Å². The number of anilines is 2. The van der Waals surface area contributed by atoms with E-state index in [-0.39, 0.29) is 0 Å². The van der Waals surface area contributed by atoms with Crippen LogP contribution >= 0.6 is 0 Å². The van der Waals surface area contributed by atoms with Crippen molar-refractivity contribution >= 4 is 11.6 Å². The lowest BCUT2D eigenvalue weighted by molar-refractivity contribution is 0.110. The molecule has 1 atom stereocenters. The highest BCUT2D eigenvalue weighted by Crippen LogP contribution is 2.25. The van der Waals surface area contributed by atoms with Gasteiger partial charge >= 0.3 is 0 Å². The highest BCUT2D eigenvalue weighted by Gasteiger charge is 2.27. The van der Waals surface area contributed by atoms with Crippen LogP contribution in [0.4, 0.5) is 11.6 Å². The lowest BCUT2D eigenvalue weighted by Crippen LogP contribution is -2.42. The van der Waals surface area contributed by atoms with Crippen LogP contribution in [-0.2, 0) is 11.2 Å². The number of pyridine rings is 1. The molecule has 0 aliphatic carbocycles. The lowest BCUT2D eigenvalue weighted by atomic mass is 9.91. The van der Waals surface area contributed by atoms with Gasteiger partial charge in [0.2, 0.25) is 0 Å². The Morgan fingerprint density at radius 1 is 1.19 bits per heavy atom. The van der Waals surface area contributed by atoms with E-state index < -0.39 is 0 Å². The molecule has 2 aliphatic rings. The van der Waals surface area contributed by atoms with Gasteiger partial charge in [0.25, 0.3) is 0 Å². The lowest BCUT2D eigenvalue weighted by Gasteiger charge is -2.35. The molecule has 1 N–H and O–H groups in total. The number of nitrogens with zero attached hydrogens (tertiary/aromatic N) is 4. The van der Waals surface area contributed by atoms with E-state index in [1.54, 1.807) is 12.5 Å². The Hall–Kier alpha value is -2.05. The zero-order valence-corrected chi connectivity index (χ0v) is 15.4.